The van der Waals surface area contributed by atoms with Crippen molar-refractivity contribution >= 4 is 41.6 Å². The lowest BCUT2D eigenvalue weighted by Crippen LogP contribution is -1.38. The van der Waals surface area contributed by atoms with Crippen LogP contribution in [-0.4, -0.2) is 11.2 Å². The fourth-order valence-electron chi connectivity index (χ4n) is 0. The van der Waals surface area contributed by atoms with Crippen LogP contribution in [0.1, 0.15) is 0 Å². The van der Waals surface area contributed by atoms with Gasteiger partial charge in [0.2, 0.25) is 0 Å². The quantitative estimate of drug-likeness (QED) is 0.326. The van der Waals surface area contributed by atoms with E-state index in [1.807, 2.05) is 4.86 Å². The highest BCUT2D eigenvalue weighted by Crippen LogP contribution is 1.89. The Hall–Kier alpha value is 0.965. The Bertz CT molecular complexity index is 22.0. The van der Waals surface area contributed by atoms with E-state index in [0.717, 1.165) is 8.08 Å². The monoisotopic (exact) mass is 183 g/mol. The summed E-state index contributed by atoms with van der Waals surface area (Å²) in [4.78, 5) is 1.96. The van der Waals surface area contributed by atoms with Crippen LogP contribution in [0.15, 0.2) is 0 Å². The van der Waals surface area contributed by atoms with E-state index in [2.05, 4.69) is 28.7 Å². The van der Waals surface area contributed by atoms with Crippen molar-refractivity contribution in [2.24, 2.45) is 0 Å². The Morgan fingerprint density at radius 3 is 2.25 bits per heavy atom. The molecule has 0 aromatic rings. The molecule has 0 nitrogen and oxygen atoms in total. The maximum atomic E-state index is 3.51. The van der Waals surface area contributed by atoms with Gasteiger partial charge in [0.15, 0.2) is 0 Å². The predicted molar refractivity (Wildman–Crippen MR) is 33.8 cm³/mol. The van der Waals surface area contributed by atoms with E-state index in [1.165, 1.54) is 0 Å². The normalized spacial score (nSPS) is 7.25. The average Bonchev–Trinajstić information content (AvgIpc) is 1.37. The topological polar surface area (TPSA) is 0 Å². The second-order valence-corrected chi connectivity index (χ2v) is 2.51. The molecule has 0 fully saturated rings. The highest BCUT2D eigenvalue weighted by atomic mass is 127. The zero-order chi connectivity index (χ0) is 3.41. The minimum absolute atomic E-state index is 1.11. The van der Waals surface area contributed by atoms with Crippen LogP contribution < -0.4 is 0 Å². The summed E-state index contributed by atoms with van der Waals surface area (Å²) in [6, 6.07) is 0. The van der Waals surface area contributed by atoms with E-state index >= 15 is 0 Å². The largest absolute Gasteiger partial charge is 0.267 e. The molecule has 0 N–H and O–H groups in total. The van der Waals surface area contributed by atoms with Gasteiger partial charge in [-0.15, -0.1) is 22.4 Å². The third-order valence-corrected chi connectivity index (χ3v) is 1.39. The van der Waals surface area contributed by atoms with Crippen molar-refractivity contribution in [1.29, 1.82) is 0 Å². The van der Waals surface area contributed by atoms with E-state index in [1.54, 1.807) is 0 Å². The van der Waals surface area contributed by atoms with Crippen LogP contribution in [-0.2, 0) is 0 Å². The molecule has 0 atom stereocenters. The zero-order valence-corrected chi connectivity index (χ0v) is 5.16. The van der Waals surface area contributed by atoms with Gasteiger partial charge in [0.1, 0.15) is 0 Å². The molecule has 0 amide bonds. The average molecular weight is 183 g/mol. The van der Waals surface area contributed by atoms with Crippen LogP contribution in [0.25, 0.3) is 0 Å². The van der Waals surface area contributed by atoms with E-state index in [0.29, 0.717) is 0 Å². The smallest absolute Gasteiger partial charge is 0.153 e. The highest BCUT2D eigenvalue weighted by Gasteiger charge is 1.56. The van der Waals surface area contributed by atoms with Crippen LogP contribution in [0.3, 0.4) is 0 Å². The van der Waals surface area contributed by atoms with Crippen molar-refractivity contribution in [1.82, 2.24) is 0 Å². The Labute approximate surface area is 41.9 Å². The summed E-state index contributed by atoms with van der Waals surface area (Å²) < 4.78 is 0. The summed E-state index contributed by atoms with van der Waals surface area (Å²) >= 11 is 2.15. The van der Waals surface area contributed by atoms with Crippen LogP contribution in [0.4, 0.5) is 0 Å². The summed E-state index contributed by atoms with van der Waals surface area (Å²) in [6.07, 6.45) is 3.51. The molecule has 0 saturated heterocycles. The third-order valence-electron chi connectivity index (χ3n) is 0.0690. The highest BCUT2D eigenvalue weighted by molar-refractivity contribution is 14.1. The van der Waals surface area contributed by atoms with Crippen LogP contribution >= 0.6 is 30.5 Å². The van der Waals surface area contributed by atoms with Gasteiger partial charge in [-0.3, -0.25) is 0 Å². The molecule has 0 aliphatic rings. The third kappa shape index (κ3) is 2.96. The van der Waals surface area contributed by atoms with Crippen molar-refractivity contribution in [3.63, 3.8) is 0 Å². The van der Waals surface area contributed by atoms with Crippen molar-refractivity contribution in [2.45, 2.75) is 0 Å². The van der Waals surface area contributed by atoms with E-state index in [-0.39, 0.29) is 0 Å². The summed E-state index contributed by atoms with van der Waals surface area (Å²) in [5.74, 6) is 0. The molecule has 0 saturated carbocycles. The van der Waals surface area contributed by atoms with Gasteiger partial charge in [-0.1, -0.05) is 6.30 Å². The molecule has 21 valence electrons. The molecular weight excluding hydrogens is 181 g/mol. The molecule has 0 spiro atoms. The maximum Gasteiger partial charge on any atom is 0.267 e. The van der Waals surface area contributed by atoms with Gasteiger partial charge in [0.05, 0.1) is 0 Å². The first-order valence-corrected chi connectivity index (χ1v) is 3.19. The molecule has 0 aliphatic heterocycles. The van der Waals surface area contributed by atoms with Gasteiger partial charge in [-0.25, -0.2) is 0 Å². The zero-order valence-electron chi connectivity index (χ0n) is 2.11. The fourth-order valence-corrected chi connectivity index (χ4v) is 0. The number of hydrogen-bond donors (Lipinski definition) is 0. The van der Waals surface area contributed by atoms with Gasteiger partial charge in [-0.2, -0.15) is 8.08 Å². The molecule has 1 radical (unpaired) electrons. The molecule has 0 aromatic carbocycles. The molecule has 0 aliphatic carbocycles. The number of hydrogen-bond acceptors (Lipinski definition) is 0. The summed E-state index contributed by atoms with van der Waals surface area (Å²) in [7, 11) is 1.11. The molecule has 3 heteroatoms. The van der Waals surface area contributed by atoms with Gasteiger partial charge in [-0.05, 0) is 0 Å². The lowest BCUT2D eigenvalue weighted by atomic mass is 10.8. The van der Waals surface area contributed by atoms with E-state index in [9.17, 15) is 0 Å². The predicted octanol–water partition coefficient (Wildman–Crippen LogP) is 1.33. The minimum Gasteiger partial charge on any atom is -0.153 e. The standard InChI is InChI=1S/CH2BIP/c1-4-2-3/h1H2. The number of rotatable bonds is 1. The van der Waals surface area contributed by atoms with Crippen molar-refractivity contribution in [3.8, 4) is 0 Å². The second kappa shape index (κ2) is 3.96. The second-order valence-electron chi connectivity index (χ2n) is 0.280. The van der Waals surface area contributed by atoms with Crippen LogP contribution in [0.2, 0.25) is 0 Å². The summed E-state index contributed by atoms with van der Waals surface area (Å²) in [5, 5.41) is 0. The lowest BCUT2D eigenvalue weighted by molar-refractivity contribution is 4.63. The van der Waals surface area contributed by atoms with Gasteiger partial charge >= 0.3 is 0 Å². The van der Waals surface area contributed by atoms with Crippen LogP contribution in [0.5, 0.6) is 0 Å². The Balaban J connectivity index is 2.30. The van der Waals surface area contributed by atoms with Gasteiger partial charge in [0, 0.05) is 0 Å². The van der Waals surface area contributed by atoms with Gasteiger partial charge < -0.3 is 0 Å². The van der Waals surface area contributed by atoms with Gasteiger partial charge in [0.25, 0.3) is 4.86 Å². The Morgan fingerprint density at radius 1 is 2.00 bits per heavy atom. The van der Waals surface area contributed by atoms with Crippen molar-refractivity contribution in [3.05, 3.63) is 0 Å². The molecule has 4 heavy (non-hydrogen) atoms. The summed E-state index contributed by atoms with van der Waals surface area (Å²) in [6.45, 7) is 0. The number of halogens is 1. The lowest BCUT2D eigenvalue weighted by Gasteiger charge is -1.49. The first kappa shape index (κ1) is 4.96. The maximum absolute atomic E-state index is 3.51. The first-order chi connectivity index (χ1) is 1.91. The van der Waals surface area contributed by atoms with Crippen molar-refractivity contribution < 1.29 is 0 Å². The minimum atomic E-state index is 1.11. The molecule has 0 aromatic heterocycles. The van der Waals surface area contributed by atoms with Crippen LogP contribution in [0, 0.1) is 0 Å². The SMILES string of the molecule is C=P[B]I. The van der Waals surface area contributed by atoms with E-state index in [4.69, 9.17) is 0 Å². The molecule has 0 unspecified atom stereocenters. The first-order valence-electron chi connectivity index (χ1n) is 0.793. The van der Waals surface area contributed by atoms with E-state index < -0.39 is 0 Å². The molecule has 0 rings (SSSR count). The Kier molecular flexibility index (Phi) is 4.92. The molecule has 0 heterocycles. The molecule has 0 bridgehead atoms. The fraction of sp³-hybridized carbons (Fsp3) is 0. The summed E-state index contributed by atoms with van der Waals surface area (Å²) in [5.41, 5.74) is 0. The van der Waals surface area contributed by atoms with Crippen molar-refractivity contribution in [2.75, 3.05) is 0 Å². The molecular formula is CH2BIP. The Morgan fingerprint density at radius 2 is 2.25 bits per heavy atom.